The number of halogens is 3. The van der Waals surface area contributed by atoms with Gasteiger partial charge >= 0.3 is 12.1 Å². The quantitative estimate of drug-likeness (QED) is 0.657. The maximum absolute atomic E-state index is 13.2. The summed E-state index contributed by atoms with van der Waals surface area (Å²) >= 11 is 0. The summed E-state index contributed by atoms with van der Waals surface area (Å²) < 4.78 is 78.0. The molecule has 1 aliphatic carbocycles. The zero-order valence-corrected chi connectivity index (χ0v) is 17.2. The van der Waals surface area contributed by atoms with Crippen molar-refractivity contribution in [3.63, 3.8) is 0 Å². The monoisotopic (exact) mass is 459 g/mol. The molecule has 1 unspecified atom stereocenters. The van der Waals surface area contributed by atoms with Crippen LogP contribution in [0, 0.1) is 0 Å². The van der Waals surface area contributed by atoms with Gasteiger partial charge in [-0.25, -0.2) is 17.9 Å². The Kier molecular flexibility index (Phi) is 6.46. The van der Waals surface area contributed by atoms with E-state index >= 15 is 0 Å². The lowest BCUT2D eigenvalue weighted by Gasteiger charge is -2.27. The van der Waals surface area contributed by atoms with Crippen LogP contribution in [0.5, 0.6) is 11.5 Å². The van der Waals surface area contributed by atoms with E-state index in [1.807, 2.05) is 0 Å². The molecular formula is C20H20F3NO6S. The number of nitrogens with one attached hydrogen (secondary N) is 1. The van der Waals surface area contributed by atoms with Gasteiger partial charge in [-0.15, -0.1) is 0 Å². The lowest BCUT2D eigenvalue weighted by atomic mass is 9.87. The molecular weight excluding hydrogens is 439 g/mol. The van der Waals surface area contributed by atoms with Crippen molar-refractivity contribution >= 4 is 16.0 Å². The van der Waals surface area contributed by atoms with E-state index in [4.69, 9.17) is 14.6 Å². The molecule has 11 heteroatoms. The van der Waals surface area contributed by atoms with Gasteiger partial charge < -0.3 is 14.6 Å². The summed E-state index contributed by atoms with van der Waals surface area (Å²) in [7, 11) is -3.17. The second-order valence-corrected chi connectivity index (χ2v) is 8.68. The Balaban J connectivity index is 1.94. The van der Waals surface area contributed by atoms with Crippen LogP contribution in [0.25, 0.3) is 0 Å². The number of carbonyl (C=O) groups is 1. The SMILES string of the molecule is COc1cc(C(F)(F)F)cc(S(=O)(=O)NC2CCCc3c(OCC(=O)O)cccc32)c1. The zero-order chi connectivity index (χ0) is 22.8. The number of sulfonamides is 1. The first-order chi connectivity index (χ1) is 14.5. The van der Waals surface area contributed by atoms with Gasteiger partial charge in [-0.1, -0.05) is 12.1 Å². The van der Waals surface area contributed by atoms with Crippen LogP contribution in [0.3, 0.4) is 0 Å². The lowest BCUT2D eigenvalue weighted by Crippen LogP contribution is -2.31. The van der Waals surface area contributed by atoms with Crippen molar-refractivity contribution in [1.82, 2.24) is 4.72 Å². The van der Waals surface area contributed by atoms with Gasteiger partial charge in [-0.05, 0) is 48.6 Å². The number of hydrogen-bond donors (Lipinski definition) is 2. The minimum atomic E-state index is -4.74. The average Bonchev–Trinajstić information content (AvgIpc) is 2.71. The summed E-state index contributed by atoms with van der Waals surface area (Å²) in [5, 5.41) is 8.83. The maximum Gasteiger partial charge on any atom is 0.416 e. The molecule has 0 amide bonds. The Morgan fingerprint density at radius 1 is 1.26 bits per heavy atom. The molecule has 2 aromatic carbocycles. The predicted octanol–water partition coefficient (Wildman–Crippen LogP) is 3.53. The molecule has 168 valence electrons. The first-order valence-electron chi connectivity index (χ1n) is 9.26. The number of aliphatic carboxylic acids is 1. The Hall–Kier alpha value is -2.79. The third-order valence-electron chi connectivity index (χ3n) is 4.87. The van der Waals surface area contributed by atoms with Crippen molar-refractivity contribution < 1.29 is 41.0 Å². The van der Waals surface area contributed by atoms with Gasteiger partial charge in [-0.3, -0.25) is 0 Å². The number of hydrogen-bond acceptors (Lipinski definition) is 5. The highest BCUT2D eigenvalue weighted by Crippen LogP contribution is 2.37. The fourth-order valence-corrected chi connectivity index (χ4v) is 4.78. The van der Waals surface area contributed by atoms with Crippen molar-refractivity contribution in [2.75, 3.05) is 13.7 Å². The van der Waals surface area contributed by atoms with Gasteiger partial charge in [0.15, 0.2) is 6.61 Å². The summed E-state index contributed by atoms with van der Waals surface area (Å²) in [5.41, 5.74) is 0.126. The summed E-state index contributed by atoms with van der Waals surface area (Å²) in [6.07, 6.45) is -3.18. The van der Waals surface area contributed by atoms with Crippen LogP contribution in [-0.2, 0) is 27.4 Å². The van der Waals surface area contributed by atoms with Crippen LogP contribution in [0.1, 0.15) is 35.6 Å². The van der Waals surface area contributed by atoms with Crippen LogP contribution in [0.4, 0.5) is 13.2 Å². The van der Waals surface area contributed by atoms with E-state index in [1.165, 1.54) is 0 Å². The largest absolute Gasteiger partial charge is 0.497 e. The van der Waals surface area contributed by atoms with E-state index in [0.29, 0.717) is 42.2 Å². The molecule has 0 heterocycles. The number of alkyl halides is 3. The molecule has 7 nitrogen and oxygen atoms in total. The molecule has 2 aromatic rings. The molecule has 0 saturated carbocycles. The highest BCUT2D eigenvalue weighted by Gasteiger charge is 2.34. The average molecular weight is 459 g/mol. The number of carboxylic acid groups (broad SMARTS) is 1. The summed E-state index contributed by atoms with van der Waals surface area (Å²) in [6, 6.07) is 6.48. The first kappa shape index (κ1) is 22.9. The molecule has 0 aliphatic heterocycles. The molecule has 0 bridgehead atoms. The number of rotatable bonds is 7. The number of fused-ring (bicyclic) bond motifs is 1. The summed E-state index contributed by atoms with van der Waals surface area (Å²) in [4.78, 5) is 10.2. The van der Waals surface area contributed by atoms with Crippen LogP contribution >= 0.6 is 0 Å². The van der Waals surface area contributed by atoms with Gasteiger partial charge in [0, 0.05) is 12.1 Å². The minimum absolute atomic E-state index is 0.233. The van der Waals surface area contributed by atoms with Crippen molar-refractivity contribution in [2.45, 2.75) is 36.4 Å². The van der Waals surface area contributed by atoms with Gasteiger partial charge in [-0.2, -0.15) is 13.2 Å². The van der Waals surface area contributed by atoms with Crippen molar-refractivity contribution in [3.05, 3.63) is 53.1 Å². The molecule has 0 aromatic heterocycles. The minimum Gasteiger partial charge on any atom is -0.497 e. The van der Waals surface area contributed by atoms with Gasteiger partial charge in [0.1, 0.15) is 11.5 Å². The second-order valence-electron chi connectivity index (χ2n) is 6.97. The third kappa shape index (κ3) is 5.28. The molecule has 0 saturated heterocycles. The highest BCUT2D eigenvalue weighted by atomic mass is 32.2. The maximum atomic E-state index is 13.2. The van der Waals surface area contributed by atoms with Gasteiger partial charge in [0.25, 0.3) is 0 Å². The zero-order valence-electron chi connectivity index (χ0n) is 16.4. The first-order valence-corrected chi connectivity index (χ1v) is 10.7. The standard InChI is InChI=1S/C20H20F3NO6S/c1-29-13-8-12(20(21,22)23)9-14(10-13)31(27,28)24-17-6-2-5-16-15(17)4-3-7-18(16)30-11-19(25)26/h3-4,7-10,17,24H,2,5-6,11H2,1H3,(H,25,26). The van der Waals surface area contributed by atoms with Crippen LogP contribution in [-0.4, -0.2) is 33.2 Å². The molecule has 1 atom stereocenters. The van der Waals surface area contributed by atoms with Crippen LogP contribution in [0.15, 0.2) is 41.3 Å². The Morgan fingerprint density at radius 2 is 2.00 bits per heavy atom. The molecule has 2 N–H and O–H groups in total. The van der Waals surface area contributed by atoms with E-state index in [1.54, 1.807) is 18.2 Å². The topological polar surface area (TPSA) is 102 Å². The van der Waals surface area contributed by atoms with Crippen molar-refractivity contribution in [2.24, 2.45) is 0 Å². The van der Waals surface area contributed by atoms with E-state index in [9.17, 15) is 26.4 Å². The normalized spacial score (nSPS) is 16.5. The number of carboxylic acids is 1. The van der Waals surface area contributed by atoms with Gasteiger partial charge in [0.2, 0.25) is 10.0 Å². The van der Waals surface area contributed by atoms with Crippen LogP contribution < -0.4 is 14.2 Å². The Labute approximate surface area is 176 Å². The number of methoxy groups -OCH3 is 1. The fourth-order valence-electron chi connectivity index (χ4n) is 3.48. The van der Waals surface area contributed by atoms with Crippen molar-refractivity contribution in [3.8, 4) is 11.5 Å². The fraction of sp³-hybridized carbons (Fsp3) is 0.350. The highest BCUT2D eigenvalue weighted by molar-refractivity contribution is 7.89. The summed E-state index contributed by atoms with van der Waals surface area (Å²) in [6.45, 7) is -0.545. The summed E-state index contributed by atoms with van der Waals surface area (Å²) in [5.74, 6) is -1.04. The molecule has 31 heavy (non-hydrogen) atoms. The van der Waals surface area contributed by atoms with E-state index in [2.05, 4.69) is 4.72 Å². The van der Waals surface area contributed by atoms with Crippen molar-refractivity contribution in [1.29, 1.82) is 0 Å². The molecule has 0 spiro atoms. The molecule has 0 radical (unpaired) electrons. The number of ether oxygens (including phenoxy) is 2. The number of benzene rings is 2. The molecule has 1 aliphatic rings. The van der Waals surface area contributed by atoms with Gasteiger partial charge in [0.05, 0.1) is 17.6 Å². The molecule has 0 fully saturated rings. The third-order valence-corrected chi connectivity index (χ3v) is 6.32. The van der Waals surface area contributed by atoms with E-state index in [-0.39, 0.29) is 5.75 Å². The predicted molar refractivity (Wildman–Crippen MR) is 104 cm³/mol. The van der Waals surface area contributed by atoms with E-state index < -0.39 is 45.3 Å². The Bertz CT molecular complexity index is 1080. The van der Waals surface area contributed by atoms with Crippen LogP contribution in [0.2, 0.25) is 0 Å². The second kappa shape index (κ2) is 8.75. The smallest absolute Gasteiger partial charge is 0.416 e. The lowest BCUT2D eigenvalue weighted by molar-refractivity contribution is -0.139. The molecule has 3 rings (SSSR count). The Morgan fingerprint density at radius 3 is 2.65 bits per heavy atom. The van der Waals surface area contributed by atoms with E-state index in [0.717, 1.165) is 19.2 Å².